The third-order valence-electron chi connectivity index (χ3n) is 4.95. The molecular weight excluding hydrogens is 300 g/mol. The Bertz CT molecular complexity index is 486. The predicted molar refractivity (Wildman–Crippen MR) is 91.2 cm³/mol. The molecule has 124 valence electrons. The van der Waals surface area contributed by atoms with Crippen LogP contribution in [0.4, 0.5) is 0 Å². The summed E-state index contributed by atoms with van der Waals surface area (Å²) in [6.45, 7) is 0.963. The monoisotopic (exact) mass is 326 g/mol. The molecule has 4 nitrogen and oxygen atoms in total. The lowest BCUT2D eigenvalue weighted by Gasteiger charge is -2.35. The molecule has 3 rings (SSSR count). The number of methoxy groups -OCH3 is 2. The van der Waals surface area contributed by atoms with Crippen molar-refractivity contribution in [1.82, 2.24) is 10.2 Å². The molecule has 2 bridgehead atoms. The lowest BCUT2D eigenvalue weighted by Crippen LogP contribution is -2.46. The summed E-state index contributed by atoms with van der Waals surface area (Å²) in [5.74, 6) is 1.61. The van der Waals surface area contributed by atoms with Crippen molar-refractivity contribution in [3.63, 3.8) is 0 Å². The van der Waals surface area contributed by atoms with Gasteiger partial charge < -0.3 is 14.8 Å². The van der Waals surface area contributed by atoms with E-state index in [4.69, 9.17) is 9.47 Å². The van der Waals surface area contributed by atoms with E-state index < -0.39 is 0 Å². The van der Waals surface area contributed by atoms with Crippen LogP contribution in [-0.2, 0) is 6.54 Å². The Morgan fingerprint density at radius 1 is 1.09 bits per heavy atom. The van der Waals surface area contributed by atoms with Crippen LogP contribution < -0.4 is 14.8 Å². The molecule has 2 atom stereocenters. The molecule has 2 saturated heterocycles. The van der Waals surface area contributed by atoms with Crippen LogP contribution in [0.5, 0.6) is 11.5 Å². The second-order valence-electron chi connectivity index (χ2n) is 6.37. The number of nitrogens with zero attached hydrogens (tertiary/aromatic N) is 1. The fraction of sp³-hybridized carbons (Fsp3) is 0.647. The van der Waals surface area contributed by atoms with Crippen LogP contribution >= 0.6 is 12.4 Å². The third-order valence-corrected chi connectivity index (χ3v) is 4.95. The minimum atomic E-state index is 0. The number of fused-ring (bicyclic) bond motifs is 2. The molecule has 2 fully saturated rings. The topological polar surface area (TPSA) is 33.7 Å². The fourth-order valence-electron chi connectivity index (χ4n) is 3.78. The number of piperidine rings is 1. The van der Waals surface area contributed by atoms with Crippen LogP contribution in [0.2, 0.25) is 0 Å². The standard InChI is InChI=1S/C17H26N2O2.ClH/c1-19(15-9-13-5-6-14(10-15)18-13)11-12-4-7-16(20-2)17(8-12)21-3;/h4,7-8,13-15,18H,5-6,9-11H2,1-3H3;1H. The minimum absolute atomic E-state index is 0. The summed E-state index contributed by atoms with van der Waals surface area (Å²) in [6, 6.07) is 8.38. The van der Waals surface area contributed by atoms with Gasteiger partial charge in [0.15, 0.2) is 11.5 Å². The summed E-state index contributed by atoms with van der Waals surface area (Å²) in [5.41, 5.74) is 1.28. The van der Waals surface area contributed by atoms with Gasteiger partial charge in [-0.1, -0.05) is 6.07 Å². The first-order valence-electron chi connectivity index (χ1n) is 7.86. The first-order valence-corrected chi connectivity index (χ1v) is 7.86. The molecule has 1 aromatic rings. The summed E-state index contributed by atoms with van der Waals surface area (Å²) in [6.07, 6.45) is 5.26. The zero-order valence-corrected chi connectivity index (χ0v) is 14.5. The maximum atomic E-state index is 5.39. The van der Waals surface area contributed by atoms with Gasteiger partial charge in [-0.3, -0.25) is 4.90 Å². The number of rotatable bonds is 5. The molecule has 0 saturated carbocycles. The van der Waals surface area contributed by atoms with Crippen molar-refractivity contribution in [2.45, 2.75) is 50.4 Å². The van der Waals surface area contributed by atoms with E-state index in [-0.39, 0.29) is 12.4 Å². The maximum absolute atomic E-state index is 5.39. The summed E-state index contributed by atoms with van der Waals surface area (Å²) in [4.78, 5) is 2.49. The van der Waals surface area contributed by atoms with Crippen LogP contribution in [0.25, 0.3) is 0 Å². The molecule has 2 unspecified atom stereocenters. The van der Waals surface area contributed by atoms with Crippen LogP contribution in [-0.4, -0.2) is 44.3 Å². The quantitative estimate of drug-likeness (QED) is 0.902. The first-order chi connectivity index (χ1) is 10.2. The normalized spacial score (nSPS) is 26.6. The highest BCUT2D eigenvalue weighted by atomic mass is 35.5. The van der Waals surface area contributed by atoms with Crippen LogP contribution in [0, 0.1) is 0 Å². The van der Waals surface area contributed by atoms with E-state index in [1.165, 1.54) is 31.2 Å². The van der Waals surface area contributed by atoms with Gasteiger partial charge in [-0.25, -0.2) is 0 Å². The van der Waals surface area contributed by atoms with E-state index in [2.05, 4.69) is 29.4 Å². The van der Waals surface area contributed by atoms with Gasteiger partial charge in [0, 0.05) is 24.7 Å². The molecule has 2 aliphatic rings. The van der Waals surface area contributed by atoms with E-state index >= 15 is 0 Å². The zero-order valence-electron chi connectivity index (χ0n) is 13.7. The fourth-order valence-corrected chi connectivity index (χ4v) is 3.78. The lowest BCUT2D eigenvalue weighted by molar-refractivity contribution is 0.166. The average Bonchev–Trinajstić information content (AvgIpc) is 2.85. The average molecular weight is 327 g/mol. The highest BCUT2D eigenvalue weighted by Crippen LogP contribution is 2.31. The summed E-state index contributed by atoms with van der Waals surface area (Å²) in [5, 5.41) is 3.71. The van der Waals surface area contributed by atoms with E-state index in [1.54, 1.807) is 14.2 Å². The number of benzene rings is 1. The Hall–Kier alpha value is -0.970. The van der Waals surface area contributed by atoms with Gasteiger partial charge in [0.05, 0.1) is 14.2 Å². The number of halogens is 1. The lowest BCUT2D eigenvalue weighted by atomic mass is 9.98. The maximum Gasteiger partial charge on any atom is 0.161 e. The van der Waals surface area contributed by atoms with Crippen molar-refractivity contribution in [3.8, 4) is 11.5 Å². The molecule has 22 heavy (non-hydrogen) atoms. The molecule has 1 N–H and O–H groups in total. The molecule has 2 aliphatic heterocycles. The molecule has 0 aromatic heterocycles. The highest BCUT2D eigenvalue weighted by molar-refractivity contribution is 5.85. The van der Waals surface area contributed by atoms with E-state index in [9.17, 15) is 0 Å². The van der Waals surface area contributed by atoms with Gasteiger partial charge >= 0.3 is 0 Å². The van der Waals surface area contributed by atoms with Gasteiger partial charge in [0.1, 0.15) is 0 Å². The molecule has 0 amide bonds. The smallest absolute Gasteiger partial charge is 0.161 e. The van der Waals surface area contributed by atoms with Gasteiger partial charge in [-0.2, -0.15) is 0 Å². The SMILES string of the molecule is COc1ccc(CN(C)C2CC3CCC(C2)N3)cc1OC.Cl. The van der Waals surface area contributed by atoms with E-state index in [0.717, 1.165) is 30.1 Å². The molecule has 2 heterocycles. The van der Waals surface area contributed by atoms with Crippen molar-refractivity contribution >= 4 is 12.4 Å². The Morgan fingerprint density at radius 2 is 1.73 bits per heavy atom. The van der Waals surface area contributed by atoms with Gasteiger partial charge in [0.2, 0.25) is 0 Å². The highest BCUT2D eigenvalue weighted by Gasteiger charge is 2.34. The zero-order chi connectivity index (χ0) is 14.8. The summed E-state index contributed by atoms with van der Waals surface area (Å²) in [7, 11) is 5.61. The molecule has 0 radical (unpaired) electrons. The molecule has 1 aromatic carbocycles. The molecule has 0 spiro atoms. The summed E-state index contributed by atoms with van der Waals surface area (Å²) < 4.78 is 10.7. The first kappa shape index (κ1) is 17.4. The number of hydrogen-bond donors (Lipinski definition) is 1. The second kappa shape index (κ2) is 7.53. The van der Waals surface area contributed by atoms with Gasteiger partial charge in [-0.05, 0) is 50.4 Å². The van der Waals surface area contributed by atoms with E-state index in [0.29, 0.717) is 6.04 Å². The predicted octanol–water partition coefficient (Wildman–Crippen LogP) is 2.84. The van der Waals surface area contributed by atoms with Crippen molar-refractivity contribution in [2.75, 3.05) is 21.3 Å². The van der Waals surface area contributed by atoms with Gasteiger partial charge in [0.25, 0.3) is 0 Å². The van der Waals surface area contributed by atoms with E-state index in [1.807, 2.05) is 6.07 Å². The van der Waals surface area contributed by atoms with Crippen molar-refractivity contribution in [3.05, 3.63) is 23.8 Å². The Kier molecular flexibility index (Phi) is 5.95. The Labute approximate surface area is 139 Å². The third kappa shape index (κ3) is 3.67. The minimum Gasteiger partial charge on any atom is -0.493 e. The molecular formula is C17H27ClN2O2. The van der Waals surface area contributed by atoms with Crippen molar-refractivity contribution in [1.29, 1.82) is 0 Å². The Balaban J connectivity index is 0.00000176. The number of nitrogens with one attached hydrogen (secondary N) is 1. The summed E-state index contributed by atoms with van der Waals surface area (Å²) >= 11 is 0. The van der Waals surface area contributed by atoms with Gasteiger partial charge in [-0.15, -0.1) is 12.4 Å². The van der Waals surface area contributed by atoms with Crippen LogP contribution in [0.1, 0.15) is 31.2 Å². The molecule has 5 heteroatoms. The number of hydrogen-bond acceptors (Lipinski definition) is 4. The second-order valence-corrected chi connectivity index (χ2v) is 6.37. The van der Waals surface area contributed by atoms with Crippen LogP contribution in [0.3, 0.4) is 0 Å². The van der Waals surface area contributed by atoms with Crippen molar-refractivity contribution < 1.29 is 9.47 Å². The molecule has 0 aliphatic carbocycles. The van der Waals surface area contributed by atoms with Crippen molar-refractivity contribution in [2.24, 2.45) is 0 Å². The Morgan fingerprint density at radius 3 is 2.32 bits per heavy atom. The number of ether oxygens (including phenoxy) is 2. The van der Waals surface area contributed by atoms with Crippen LogP contribution in [0.15, 0.2) is 18.2 Å². The largest absolute Gasteiger partial charge is 0.493 e.